The van der Waals surface area contributed by atoms with E-state index in [9.17, 15) is 4.79 Å². The zero-order chi connectivity index (χ0) is 18.2. The molecule has 0 bridgehead atoms. The Morgan fingerprint density at radius 2 is 2.00 bits per heavy atom. The first kappa shape index (κ1) is 19.8. The lowest BCUT2D eigenvalue weighted by Crippen LogP contribution is -2.23. The highest BCUT2D eigenvalue weighted by atomic mass is 35.5. The number of nitrogens with zero attached hydrogens (tertiary/aromatic N) is 2. The molecule has 0 unspecified atom stereocenters. The van der Waals surface area contributed by atoms with Crippen molar-refractivity contribution >= 4 is 29.2 Å². The molecule has 136 valence electrons. The summed E-state index contributed by atoms with van der Waals surface area (Å²) in [6.45, 7) is 5.31. The Kier molecular flexibility index (Phi) is 7.75. The molecule has 1 heterocycles. The van der Waals surface area contributed by atoms with Gasteiger partial charge >= 0.3 is 5.97 Å². The maximum Gasteiger partial charge on any atom is 0.324 e. The topological polar surface area (TPSA) is 56.1 Å². The van der Waals surface area contributed by atoms with Gasteiger partial charge in [0.1, 0.15) is 0 Å². The second-order valence-corrected chi connectivity index (χ2v) is 7.21. The third kappa shape index (κ3) is 7.06. The summed E-state index contributed by atoms with van der Waals surface area (Å²) < 4.78 is 2.02. The Bertz CT molecular complexity index is 681. The Balaban J connectivity index is 1.80. The second kappa shape index (κ2) is 9.80. The molecule has 1 aromatic heterocycles. The number of rotatable bonds is 9. The zero-order valence-electron chi connectivity index (χ0n) is 14.5. The molecular formula is C18H23Cl2N3O2. The van der Waals surface area contributed by atoms with Crippen LogP contribution in [0.15, 0.2) is 30.7 Å². The van der Waals surface area contributed by atoms with E-state index >= 15 is 0 Å². The van der Waals surface area contributed by atoms with E-state index in [2.05, 4.69) is 24.3 Å². The number of benzene rings is 1. The molecule has 0 spiro atoms. The fourth-order valence-corrected chi connectivity index (χ4v) is 2.94. The van der Waals surface area contributed by atoms with E-state index < -0.39 is 0 Å². The fraction of sp³-hybridized carbons (Fsp3) is 0.444. The second-order valence-electron chi connectivity index (χ2n) is 6.34. The minimum Gasteiger partial charge on any atom is -0.371 e. The van der Waals surface area contributed by atoms with E-state index in [1.165, 1.54) is 0 Å². The van der Waals surface area contributed by atoms with Crippen molar-refractivity contribution in [2.24, 2.45) is 5.92 Å². The maximum absolute atomic E-state index is 11.6. The first-order valence-electron chi connectivity index (χ1n) is 8.30. The predicted octanol–water partition coefficient (Wildman–Crippen LogP) is 4.26. The number of halogens is 2. The van der Waals surface area contributed by atoms with E-state index in [0.29, 0.717) is 41.9 Å². The number of imidazole rings is 1. The number of aromatic nitrogens is 2. The van der Waals surface area contributed by atoms with E-state index in [1.54, 1.807) is 18.6 Å². The van der Waals surface area contributed by atoms with Gasteiger partial charge in [-0.1, -0.05) is 37.0 Å². The van der Waals surface area contributed by atoms with Crippen molar-refractivity contribution in [2.75, 3.05) is 6.54 Å². The van der Waals surface area contributed by atoms with Crippen molar-refractivity contribution < 1.29 is 9.63 Å². The molecule has 0 radical (unpaired) electrons. The molecule has 5 nitrogen and oxygen atoms in total. The Hall–Kier alpha value is -1.56. The van der Waals surface area contributed by atoms with Crippen molar-refractivity contribution in [1.82, 2.24) is 15.0 Å². The monoisotopic (exact) mass is 383 g/mol. The highest BCUT2D eigenvalue weighted by Gasteiger charge is 2.07. The summed E-state index contributed by atoms with van der Waals surface area (Å²) in [7, 11) is 0. The number of hydroxylamine groups is 1. The van der Waals surface area contributed by atoms with Gasteiger partial charge < -0.3 is 9.40 Å². The SMILES string of the molecule is CC(C)CCC(=O)ONCCc1cncn1Cc1cc(Cl)cc(Cl)c1. The molecule has 0 aliphatic rings. The van der Waals surface area contributed by atoms with Crippen LogP contribution in [-0.2, 0) is 22.6 Å². The number of carbonyl (C=O) groups is 1. The van der Waals surface area contributed by atoms with Gasteiger partial charge in [-0.25, -0.2) is 4.98 Å². The quantitative estimate of drug-likeness (QED) is 0.518. The van der Waals surface area contributed by atoms with Crippen molar-refractivity contribution in [3.8, 4) is 0 Å². The predicted molar refractivity (Wildman–Crippen MR) is 99.7 cm³/mol. The molecule has 0 aliphatic heterocycles. The third-order valence-electron chi connectivity index (χ3n) is 3.67. The fourth-order valence-electron chi connectivity index (χ4n) is 2.37. The van der Waals surface area contributed by atoms with Gasteiger partial charge in [0.05, 0.1) is 6.33 Å². The molecular weight excluding hydrogens is 361 g/mol. The van der Waals surface area contributed by atoms with Crippen LogP contribution in [0.5, 0.6) is 0 Å². The molecule has 1 N–H and O–H groups in total. The maximum atomic E-state index is 11.6. The van der Waals surface area contributed by atoms with E-state index in [4.69, 9.17) is 28.0 Å². The highest BCUT2D eigenvalue weighted by molar-refractivity contribution is 6.34. The first-order chi connectivity index (χ1) is 11.9. The molecule has 0 saturated heterocycles. The summed E-state index contributed by atoms with van der Waals surface area (Å²) in [5.74, 6) is 0.262. The van der Waals surface area contributed by atoms with E-state index in [1.807, 2.05) is 16.7 Å². The summed E-state index contributed by atoms with van der Waals surface area (Å²) in [6.07, 6.45) is 5.51. The van der Waals surface area contributed by atoms with Crippen LogP contribution < -0.4 is 5.48 Å². The van der Waals surface area contributed by atoms with Gasteiger partial charge in [-0.3, -0.25) is 4.79 Å². The molecule has 1 aromatic carbocycles. The van der Waals surface area contributed by atoms with Crippen molar-refractivity contribution in [3.63, 3.8) is 0 Å². The molecule has 2 rings (SSSR count). The van der Waals surface area contributed by atoms with Gasteiger partial charge in [-0.15, -0.1) is 0 Å². The third-order valence-corrected chi connectivity index (χ3v) is 4.11. The standard InChI is InChI=1S/C18H23Cl2N3O2/c1-13(2)3-4-18(24)25-22-6-5-17-10-21-12-23(17)11-14-7-15(19)9-16(20)8-14/h7-10,12-13,22H,3-6,11H2,1-2H3. The molecule has 2 aromatic rings. The summed E-state index contributed by atoms with van der Waals surface area (Å²) in [5, 5.41) is 1.22. The number of hydrogen-bond donors (Lipinski definition) is 1. The number of carbonyl (C=O) groups excluding carboxylic acids is 1. The average molecular weight is 384 g/mol. The lowest BCUT2D eigenvalue weighted by molar-refractivity contribution is -0.151. The minimum absolute atomic E-state index is 0.226. The van der Waals surface area contributed by atoms with Crippen molar-refractivity contribution in [2.45, 2.75) is 39.7 Å². The Labute approximate surface area is 158 Å². The van der Waals surface area contributed by atoms with Gasteiger partial charge in [0, 0.05) is 47.9 Å². The molecule has 0 atom stereocenters. The van der Waals surface area contributed by atoms with Crippen LogP contribution >= 0.6 is 23.2 Å². The van der Waals surface area contributed by atoms with Gasteiger partial charge in [0.15, 0.2) is 0 Å². The largest absolute Gasteiger partial charge is 0.371 e. The van der Waals surface area contributed by atoms with Crippen LogP contribution in [0.1, 0.15) is 37.9 Å². The normalized spacial score (nSPS) is 11.1. The van der Waals surface area contributed by atoms with Gasteiger partial charge in [-0.2, -0.15) is 5.48 Å². The number of nitrogens with one attached hydrogen (secondary N) is 1. The van der Waals surface area contributed by atoms with Gasteiger partial charge in [0.2, 0.25) is 0 Å². The summed E-state index contributed by atoms with van der Waals surface area (Å²) in [4.78, 5) is 20.8. The zero-order valence-corrected chi connectivity index (χ0v) is 16.0. The van der Waals surface area contributed by atoms with Crippen LogP contribution in [0.2, 0.25) is 10.0 Å². The van der Waals surface area contributed by atoms with Crippen LogP contribution in [-0.4, -0.2) is 22.1 Å². The van der Waals surface area contributed by atoms with Gasteiger partial charge in [-0.05, 0) is 36.1 Å². The van der Waals surface area contributed by atoms with Gasteiger partial charge in [0.25, 0.3) is 0 Å². The summed E-state index contributed by atoms with van der Waals surface area (Å²) in [6, 6.07) is 5.47. The van der Waals surface area contributed by atoms with Crippen molar-refractivity contribution in [1.29, 1.82) is 0 Å². The van der Waals surface area contributed by atoms with E-state index in [0.717, 1.165) is 17.7 Å². The summed E-state index contributed by atoms with van der Waals surface area (Å²) in [5.41, 5.74) is 4.76. The Morgan fingerprint density at radius 1 is 1.28 bits per heavy atom. The molecule has 0 aliphatic carbocycles. The molecule has 0 saturated carbocycles. The van der Waals surface area contributed by atoms with Crippen LogP contribution in [0, 0.1) is 5.92 Å². The Morgan fingerprint density at radius 3 is 2.68 bits per heavy atom. The van der Waals surface area contributed by atoms with Crippen molar-refractivity contribution in [3.05, 3.63) is 52.0 Å². The molecule has 0 fully saturated rings. The minimum atomic E-state index is -0.226. The smallest absolute Gasteiger partial charge is 0.324 e. The van der Waals surface area contributed by atoms with Crippen LogP contribution in [0.3, 0.4) is 0 Å². The number of hydrogen-bond acceptors (Lipinski definition) is 4. The lowest BCUT2D eigenvalue weighted by Gasteiger charge is -2.10. The lowest BCUT2D eigenvalue weighted by atomic mass is 10.1. The highest BCUT2D eigenvalue weighted by Crippen LogP contribution is 2.20. The first-order valence-corrected chi connectivity index (χ1v) is 9.06. The van der Waals surface area contributed by atoms with E-state index in [-0.39, 0.29) is 5.97 Å². The summed E-state index contributed by atoms with van der Waals surface area (Å²) >= 11 is 12.1. The average Bonchev–Trinajstić information content (AvgIpc) is 2.95. The van der Waals surface area contributed by atoms with Crippen LogP contribution in [0.25, 0.3) is 0 Å². The molecule has 7 heteroatoms. The van der Waals surface area contributed by atoms with Crippen LogP contribution in [0.4, 0.5) is 0 Å². The molecule has 25 heavy (non-hydrogen) atoms. The molecule has 0 amide bonds.